The lowest BCUT2D eigenvalue weighted by atomic mass is 10.0. The summed E-state index contributed by atoms with van der Waals surface area (Å²) < 4.78 is 0. The predicted molar refractivity (Wildman–Crippen MR) is 120 cm³/mol. The molecule has 3 amide bonds. The third-order valence-corrected chi connectivity index (χ3v) is 5.24. The van der Waals surface area contributed by atoms with E-state index in [9.17, 15) is 24.3 Å². The number of aliphatic carboxylic acids is 1. The Kier molecular flexibility index (Phi) is 11.7. The first-order valence-corrected chi connectivity index (χ1v) is 11.4. The second-order valence-corrected chi connectivity index (χ2v) is 8.41. The third kappa shape index (κ3) is 9.39. The summed E-state index contributed by atoms with van der Waals surface area (Å²) in [6.07, 6.45) is 2.36. The number of hydrogen-bond acceptors (Lipinski definition) is 6. The van der Waals surface area contributed by atoms with Crippen molar-refractivity contribution >= 4 is 35.5 Å². The molecule has 0 aliphatic rings. The van der Waals surface area contributed by atoms with Crippen molar-refractivity contribution in [3.05, 3.63) is 35.9 Å². The molecule has 0 bridgehead atoms. The van der Waals surface area contributed by atoms with Crippen LogP contribution in [0.1, 0.15) is 25.8 Å². The Morgan fingerprint density at radius 1 is 1.00 bits per heavy atom. The van der Waals surface area contributed by atoms with Gasteiger partial charge in [-0.3, -0.25) is 14.4 Å². The van der Waals surface area contributed by atoms with Gasteiger partial charge in [-0.05, 0) is 29.9 Å². The summed E-state index contributed by atoms with van der Waals surface area (Å²) >= 11 is 1.52. The van der Waals surface area contributed by atoms with Gasteiger partial charge in [0.15, 0.2) is 0 Å². The maximum Gasteiger partial charge on any atom is 0.326 e. The summed E-state index contributed by atoms with van der Waals surface area (Å²) in [6.45, 7) is 3.23. The van der Waals surface area contributed by atoms with E-state index >= 15 is 0 Å². The van der Waals surface area contributed by atoms with E-state index in [1.807, 2.05) is 12.3 Å². The number of nitrogens with one attached hydrogen (secondary N) is 3. The zero-order valence-corrected chi connectivity index (χ0v) is 18.9. The van der Waals surface area contributed by atoms with Crippen LogP contribution in [0.2, 0.25) is 0 Å². The summed E-state index contributed by atoms with van der Waals surface area (Å²) in [5, 5.41) is 17.3. The first-order valence-electron chi connectivity index (χ1n) is 10.0. The minimum Gasteiger partial charge on any atom is -0.480 e. The Labute approximate surface area is 186 Å². The molecular weight excluding hydrogens is 420 g/mol. The van der Waals surface area contributed by atoms with Crippen molar-refractivity contribution in [3.63, 3.8) is 0 Å². The van der Waals surface area contributed by atoms with Crippen molar-refractivity contribution in [2.75, 3.05) is 18.6 Å². The molecule has 0 saturated carbocycles. The quantitative estimate of drug-likeness (QED) is 0.285. The van der Waals surface area contributed by atoms with Gasteiger partial charge in [-0.2, -0.15) is 11.8 Å². The molecule has 0 saturated heterocycles. The predicted octanol–water partition coefficient (Wildman–Crippen LogP) is 0.136. The van der Waals surface area contributed by atoms with Crippen LogP contribution in [0.5, 0.6) is 0 Å². The van der Waals surface area contributed by atoms with Crippen LogP contribution in [0, 0.1) is 5.92 Å². The number of carbonyl (C=O) groups excluding carboxylic acids is 3. The van der Waals surface area contributed by atoms with Gasteiger partial charge in [0.25, 0.3) is 0 Å². The number of amides is 3. The zero-order chi connectivity index (χ0) is 23.4. The molecule has 3 unspecified atom stereocenters. The molecule has 0 aromatic heterocycles. The van der Waals surface area contributed by atoms with Crippen LogP contribution < -0.4 is 21.7 Å². The standard InChI is InChI=1S/C21H32N4O5S/c1-13(2)18(25-19(27)15(9-10-31-3)23-17(26)12-22)20(28)24-16(21(29)30)11-14-7-5-4-6-8-14/h4-8,13,15-16,18H,9-12,22H2,1-3H3,(H,23,26)(H,24,28)(H,25,27)(H,29,30). The number of carboxylic acids is 1. The molecule has 0 fully saturated rings. The molecule has 0 aliphatic heterocycles. The molecule has 31 heavy (non-hydrogen) atoms. The van der Waals surface area contributed by atoms with Gasteiger partial charge in [0.2, 0.25) is 17.7 Å². The summed E-state index contributed by atoms with van der Waals surface area (Å²) in [6, 6.07) is 6.01. The molecule has 10 heteroatoms. The Hall–Kier alpha value is -2.59. The van der Waals surface area contributed by atoms with Crippen molar-refractivity contribution in [2.45, 2.75) is 44.8 Å². The van der Waals surface area contributed by atoms with Crippen molar-refractivity contribution in [1.29, 1.82) is 0 Å². The van der Waals surface area contributed by atoms with Gasteiger partial charge >= 0.3 is 5.97 Å². The smallest absolute Gasteiger partial charge is 0.326 e. The van der Waals surface area contributed by atoms with Crippen molar-refractivity contribution in [1.82, 2.24) is 16.0 Å². The van der Waals surface area contributed by atoms with Crippen molar-refractivity contribution in [2.24, 2.45) is 11.7 Å². The summed E-state index contributed by atoms with van der Waals surface area (Å²) in [7, 11) is 0. The van der Waals surface area contributed by atoms with Crippen LogP contribution in [0.4, 0.5) is 0 Å². The molecule has 0 spiro atoms. The number of hydrogen-bond donors (Lipinski definition) is 5. The number of carbonyl (C=O) groups is 4. The first-order chi connectivity index (χ1) is 14.7. The van der Waals surface area contributed by atoms with E-state index in [-0.39, 0.29) is 18.9 Å². The number of thioether (sulfide) groups is 1. The Bertz CT molecular complexity index is 745. The van der Waals surface area contributed by atoms with Crippen LogP contribution in [0.15, 0.2) is 30.3 Å². The van der Waals surface area contributed by atoms with Gasteiger partial charge in [0, 0.05) is 6.42 Å². The molecule has 1 aromatic rings. The fourth-order valence-corrected chi connectivity index (χ4v) is 3.33. The summed E-state index contributed by atoms with van der Waals surface area (Å²) in [5.74, 6) is -2.43. The SMILES string of the molecule is CSCCC(NC(=O)CN)C(=O)NC(C(=O)NC(Cc1ccccc1)C(=O)O)C(C)C. The molecule has 172 valence electrons. The number of nitrogens with two attached hydrogens (primary N) is 1. The lowest BCUT2D eigenvalue weighted by molar-refractivity contribution is -0.142. The molecular formula is C21H32N4O5S. The van der Waals surface area contributed by atoms with E-state index in [2.05, 4.69) is 16.0 Å². The van der Waals surface area contributed by atoms with Gasteiger partial charge < -0.3 is 26.8 Å². The molecule has 9 nitrogen and oxygen atoms in total. The number of benzene rings is 1. The van der Waals surface area contributed by atoms with Gasteiger partial charge in [0.05, 0.1) is 6.54 Å². The topological polar surface area (TPSA) is 151 Å². The zero-order valence-electron chi connectivity index (χ0n) is 18.1. The number of carboxylic acid groups (broad SMARTS) is 1. The second kappa shape index (κ2) is 13.7. The maximum atomic E-state index is 12.8. The Morgan fingerprint density at radius 2 is 1.65 bits per heavy atom. The van der Waals surface area contributed by atoms with E-state index in [1.54, 1.807) is 38.1 Å². The largest absolute Gasteiger partial charge is 0.480 e. The molecule has 0 heterocycles. The highest BCUT2D eigenvalue weighted by molar-refractivity contribution is 7.98. The van der Waals surface area contributed by atoms with Crippen LogP contribution >= 0.6 is 11.8 Å². The highest BCUT2D eigenvalue weighted by Gasteiger charge is 2.31. The summed E-state index contributed by atoms with van der Waals surface area (Å²) in [5.41, 5.74) is 6.09. The van der Waals surface area contributed by atoms with Gasteiger partial charge in [-0.25, -0.2) is 4.79 Å². The van der Waals surface area contributed by atoms with E-state index in [1.165, 1.54) is 11.8 Å². The van der Waals surface area contributed by atoms with Gasteiger partial charge in [0.1, 0.15) is 18.1 Å². The van der Waals surface area contributed by atoms with Gasteiger partial charge in [-0.1, -0.05) is 44.2 Å². The minimum absolute atomic E-state index is 0.115. The fraction of sp³-hybridized carbons (Fsp3) is 0.524. The van der Waals surface area contributed by atoms with E-state index in [0.717, 1.165) is 5.56 Å². The van der Waals surface area contributed by atoms with E-state index in [4.69, 9.17) is 5.73 Å². The van der Waals surface area contributed by atoms with E-state index < -0.39 is 41.8 Å². The molecule has 0 aliphatic carbocycles. The van der Waals surface area contributed by atoms with Crippen LogP contribution in [-0.4, -0.2) is 65.5 Å². The van der Waals surface area contributed by atoms with E-state index in [0.29, 0.717) is 12.2 Å². The molecule has 1 rings (SSSR count). The van der Waals surface area contributed by atoms with Crippen molar-refractivity contribution < 1.29 is 24.3 Å². The minimum atomic E-state index is -1.17. The number of rotatable bonds is 13. The second-order valence-electron chi connectivity index (χ2n) is 7.43. The summed E-state index contributed by atoms with van der Waals surface area (Å²) in [4.78, 5) is 48.9. The lowest BCUT2D eigenvalue weighted by Crippen LogP contribution is -2.58. The van der Waals surface area contributed by atoms with Crippen LogP contribution in [-0.2, 0) is 25.6 Å². The average molecular weight is 453 g/mol. The lowest BCUT2D eigenvalue weighted by Gasteiger charge is -2.26. The van der Waals surface area contributed by atoms with Crippen LogP contribution in [0.25, 0.3) is 0 Å². The first kappa shape index (κ1) is 26.4. The Balaban J connectivity index is 2.89. The van der Waals surface area contributed by atoms with Crippen LogP contribution in [0.3, 0.4) is 0 Å². The van der Waals surface area contributed by atoms with Gasteiger partial charge in [-0.15, -0.1) is 0 Å². The monoisotopic (exact) mass is 452 g/mol. The third-order valence-electron chi connectivity index (χ3n) is 4.59. The average Bonchev–Trinajstić information content (AvgIpc) is 2.74. The molecule has 6 N–H and O–H groups in total. The highest BCUT2D eigenvalue weighted by atomic mass is 32.2. The van der Waals surface area contributed by atoms with Crippen molar-refractivity contribution in [3.8, 4) is 0 Å². The fourth-order valence-electron chi connectivity index (χ4n) is 2.86. The molecule has 1 aromatic carbocycles. The maximum absolute atomic E-state index is 12.8. The highest BCUT2D eigenvalue weighted by Crippen LogP contribution is 2.08. The molecule has 0 radical (unpaired) electrons. The molecule has 3 atom stereocenters. The normalized spacial score (nSPS) is 13.7. The Morgan fingerprint density at radius 3 is 2.16 bits per heavy atom.